The molecule has 192 valence electrons. The topological polar surface area (TPSA) is 187 Å². The number of nitrogens with two attached hydrogens (primary N) is 2. The van der Waals surface area contributed by atoms with E-state index in [9.17, 15) is 34.8 Å². The van der Waals surface area contributed by atoms with Crippen molar-refractivity contribution in [2.45, 2.75) is 24.5 Å². The van der Waals surface area contributed by atoms with Crippen LogP contribution in [0.5, 0.6) is 5.75 Å². The minimum atomic E-state index is -2.66. The number of aliphatic hydroxyl groups is 3. The van der Waals surface area contributed by atoms with E-state index in [1.54, 1.807) is 38.4 Å². The average Bonchev–Trinajstić information content (AvgIpc) is 2.81. The number of nitrogens with zero attached hydrogens (tertiary/aromatic N) is 1. The van der Waals surface area contributed by atoms with E-state index in [4.69, 9.17) is 11.5 Å². The van der Waals surface area contributed by atoms with E-state index in [1.165, 1.54) is 11.0 Å². The summed E-state index contributed by atoms with van der Waals surface area (Å²) in [5, 5.41) is 44.5. The highest BCUT2D eigenvalue weighted by Crippen LogP contribution is 2.53. The Hall–Kier alpha value is -4.15. The molecule has 1 saturated carbocycles. The molecule has 0 bridgehead atoms. The maximum absolute atomic E-state index is 13.9. The maximum atomic E-state index is 13.9. The molecule has 1 fully saturated rings. The highest BCUT2D eigenvalue weighted by atomic mass is 16.3. The molecule has 0 aliphatic heterocycles. The van der Waals surface area contributed by atoms with Crippen LogP contribution in [0.4, 0.5) is 5.69 Å². The van der Waals surface area contributed by atoms with E-state index in [1.807, 2.05) is 6.07 Å². The number of phenolic OH excluding ortho intramolecular Hbond substituents is 1. The summed E-state index contributed by atoms with van der Waals surface area (Å²) in [6, 6.07) is 9.05. The number of Topliss-reactive ketones (excluding diaryl/α,β-unsaturated/α-hetero) is 2. The highest BCUT2D eigenvalue weighted by molar-refractivity contribution is 6.24. The van der Waals surface area contributed by atoms with Crippen molar-refractivity contribution in [2.75, 3.05) is 19.8 Å². The molecule has 4 atom stereocenters. The fourth-order valence-electron chi connectivity index (χ4n) is 6.22. The van der Waals surface area contributed by atoms with Crippen LogP contribution < -0.4 is 11.5 Å². The molecule has 10 heteroatoms. The molecule has 0 heterocycles. The van der Waals surface area contributed by atoms with Crippen molar-refractivity contribution < 1.29 is 34.8 Å². The van der Waals surface area contributed by atoms with E-state index >= 15 is 0 Å². The Morgan fingerprint density at radius 1 is 1.11 bits per heavy atom. The second kappa shape index (κ2) is 8.19. The Kier molecular flexibility index (Phi) is 5.43. The number of likely N-dealkylation sites (N-methyl/N-ethyl adjacent to an activating group) is 1. The fraction of sp³-hybridized carbons (Fsp3) is 0.296. The molecule has 8 N–H and O–H groups in total. The van der Waals surface area contributed by atoms with Gasteiger partial charge in [-0.15, -0.1) is 0 Å². The van der Waals surface area contributed by atoms with Crippen LogP contribution in [0.25, 0.3) is 16.9 Å². The summed E-state index contributed by atoms with van der Waals surface area (Å²) in [5.41, 5.74) is 10.2. The number of phenols is 1. The molecule has 5 rings (SSSR count). The zero-order valence-electron chi connectivity index (χ0n) is 20.2. The van der Waals surface area contributed by atoms with Crippen molar-refractivity contribution in [3.63, 3.8) is 0 Å². The van der Waals surface area contributed by atoms with Gasteiger partial charge in [-0.3, -0.25) is 19.3 Å². The van der Waals surface area contributed by atoms with E-state index in [0.29, 0.717) is 16.8 Å². The van der Waals surface area contributed by atoms with Gasteiger partial charge < -0.3 is 31.9 Å². The number of rotatable bonds is 3. The minimum Gasteiger partial charge on any atom is -0.508 e. The van der Waals surface area contributed by atoms with E-state index < -0.39 is 58.0 Å². The summed E-state index contributed by atoms with van der Waals surface area (Å²) in [7, 11) is 3.12. The van der Waals surface area contributed by atoms with E-state index in [-0.39, 0.29) is 29.7 Å². The quantitative estimate of drug-likeness (QED) is 0.263. The number of carbonyl (C=O) groups is 3. The van der Waals surface area contributed by atoms with Crippen molar-refractivity contribution in [1.29, 1.82) is 0 Å². The van der Waals surface area contributed by atoms with Crippen LogP contribution in [0.15, 0.2) is 53.3 Å². The second-order valence-electron chi connectivity index (χ2n) is 10.1. The Bertz CT molecular complexity index is 1460. The predicted molar refractivity (Wildman–Crippen MR) is 134 cm³/mol. The molecule has 0 spiro atoms. The normalized spacial score (nSPS) is 27.2. The number of aliphatic hydroxyl groups excluding tert-OH is 2. The molecular weight excluding hydrogens is 478 g/mol. The number of hydrogen-bond donors (Lipinski definition) is 6. The van der Waals surface area contributed by atoms with Gasteiger partial charge in [-0.05, 0) is 67.7 Å². The predicted octanol–water partition coefficient (Wildman–Crippen LogP) is 1.21. The van der Waals surface area contributed by atoms with Crippen LogP contribution in [-0.4, -0.2) is 68.5 Å². The van der Waals surface area contributed by atoms with Crippen molar-refractivity contribution >= 4 is 28.9 Å². The summed E-state index contributed by atoms with van der Waals surface area (Å²) < 4.78 is 0. The summed E-state index contributed by atoms with van der Waals surface area (Å²) in [4.78, 5) is 40.6. The Morgan fingerprint density at radius 2 is 1.81 bits per heavy atom. The Labute approximate surface area is 212 Å². The SMILES string of the molecule is CN(C)[C@H]1C(=O)C(C(N)=O)=C(O)[C@@]2(O)C(=O)C3=C(O)c4c(O)ccc(-c5cccc(N)c5)c4C[C@@H]3C[C@H]12. The molecule has 3 aliphatic rings. The number of hydrogen-bond acceptors (Lipinski definition) is 9. The molecule has 2 aromatic carbocycles. The fourth-order valence-corrected chi connectivity index (χ4v) is 6.22. The molecule has 10 nitrogen and oxygen atoms in total. The van der Waals surface area contributed by atoms with Gasteiger partial charge in [0.25, 0.3) is 5.91 Å². The number of amides is 1. The van der Waals surface area contributed by atoms with Gasteiger partial charge in [-0.25, -0.2) is 0 Å². The number of aromatic hydroxyl groups is 1. The number of benzene rings is 2. The molecule has 0 radical (unpaired) electrons. The van der Waals surface area contributed by atoms with Crippen LogP contribution in [0.2, 0.25) is 0 Å². The van der Waals surface area contributed by atoms with Gasteiger partial charge in [0.05, 0.1) is 11.6 Å². The minimum absolute atomic E-state index is 0.0256. The van der Waals surface area contributed by atoms with Gasteiger partial charge in [0.2, 0.25) is 5.78 Å². The monoisotopic (exact) mass is 505 g/mol. The molecular formula is C27H27N3O7. The molecule has 37 heavy (non-hydrogen) atoms. The molecule has 1 amide bonds. The number of anilines is 1. The number of carbonyl (C=O) groups excluding carboxylic acids is 3. The van der Waals surface area contributed by atoms with Gasteiger partial charge >= 0.3 is 0 Å². The first kappa shape index (κ1) is 24.5. The van der Waals surface area contributed by atoms with Crippen molar-refractivity contribution in [3.05, 3.63) is 64.4 Å². The summed E-state index contributed by atoms with van der Waals surface area (Å²) in [6.07, 6.45) is 0.227. The third-order valence-corrected chi connectivity index (χ3v) is 7.80. The summed E-state index contributed by atoms with van der Waals surface area (Å²) >= 11 is 0. The average molecular weight is 506 g/mol. The lowest BCUT2D eigenvalue weighted by atomic mass is 9.57. The number of ketones is 2. The van der Waals surface area contributed by atoms with Crippen LogP contribution in [0, 0.1) is 11.8 Å². The standard InChI is InChI=1S/C27H27N3O7/c1-30(2)21-16-10-12-9-15-14(11-4-3-5-13(28)8-11)6-7-17(31)19(15)22(32)18(12)24(34)27(16,37)25(35)20(23(21)33)26(29)36/h3-8,12,16,21,31-32,35,37H,9-10,28H2,1-2H3,(H2,29,36)/t12-,16-,21-,27+/m1/s1. The maximum Gasteiger partial charge on any atom is 0.255 e. The molecule has 0 aromatic heterocycles. The third-order valence-electron chi connectivity index (χ3n) is 7.80. The van der Waals surface area contributed by atoms with Crippen molar-refractivity contribution in [3.8, 4) is 16.9 Å². The highest BCUT2D eigenvalue weighted by Gasteiger charge is 2.64. The van der Waals surface area contributed by atoms with Crippen LogP contribution in [-0.2, 0) is 20.8 Å². The van der Waals surface area contributed by atoms with Gasteiger partial charge in [-0.1, -0.05) is 18.2 Å². The molecule has 2 aromatic rings. The lowest BCUT2D eigenvalue weighted by Gasteiger charge is -2.50. The molecule has 3 aliphatic carbocycles. The van der Waals surface area contributed by atoms with E-state index in [2.05, 4.69) is 0 Å². The van der Waals surface area contributed by atoms with Gasteiger partial charge in [0.15, 0.2) is 11.4 Å². The van der Waals surface area contributed by atoms with Crippen molar-refractivity contribution in [1.82, 2.24) is 4.90 Å². The number of fused-ring (bicyclic) bond motifs is 3. The first-order valence-electron chi connectivity index (χ1n) is 11.7. The second-order valence-corrected chi connectivity index (χ2v) is 10.1. The Balaban J connectivity index is 1.75. The number of primary amides is 1. The zero-order valence-corrected chi connectivity index (χ0v) is 20.2. The smallest absolute Gasteiger partial charge is 0.255 e. The van der Waals surface area contributed by atoms with Gasteiger partial charge in [0, 0.05) is 17.2 Å². The van der Waals surface area contributed by atoms with Crippen LogP contribution >= 0.6 is 0 Å². The molecule has 0 unspecified atom stereocenters. The third kappa shape index (κ3) is 3.29. The first-order valence-corrected chi connectivity index (χ1v) is 11.7. The Morgan fingerprint density at radius 3 is 2.43 bits per heavy atom. The molecule has 0 saturated heterocycles. The first-order chi connectivity index (χ1) is 17.4. The summed E-state index contributed by atoms with van der Waals surface area (Å²) in [5.74, 6) is -6.78. The lowest BCUT2D eigenvalue weighted by molar-refractivity contribution is -0.153. The van der Waals surface area contributed by atoms with Gasteiger partial charge in [0.1, 0.15) is 22.8 Å². The lowest BCUT2D eigenvalue weighted by Crippen LogP contribution is -2.65. The van der Waals surface area contributed by atoms with Crippen LogP contribution in [0.1, 0.15) is 17.5 Å². The van der Waals surface area contributed by atoms with Gasteiger partial charge in [-0.2, -0.15) is 0 Å². The summed E-state index contributed by atoms with van der Waals surface area (Å²) in [6.45, 7) is 0. The van der Waals surface area contributed by atoms with Crippen LogP contribution in [0.3, 0.4) is 0 Å². The largest absolute Gasteiger partial charge is 0.508 e. The zero-order chi connectivity index (χ0) is 27.0. The van der Waals surface area contributed by atoms with E-state index in [0.717, 1.165) is 5.56 Å². The van der Waals surface area contributed by atoms with Crippen molar-refractivity contribution in [2.24, 2.45) is 17.6 Å². The number of nitrogen functional groups attached to an aromatic ring is 1.